The van der Waals surface area contributed by atoms with Crippen molar-refractivity contribution in [1.82, 2.24) is 14.8 Å². The molecule has 1 amide bonds. The Balaban J connectivity index is 1.56. The van der Waals surface area contributed by atoms with E-state index in [-0.39, 0.29) is 11.7 Å². The van der Waals surface area contributed by atoms with Crippen LogP contribution in [0.5, 0.6) is 0 Å². The summed E-state index contributed by atoms with van der Waals surface area (Å²) in [5.74, 6) is 0.924. The van der Waals surface area contributed by atoms with Gasteiger partial charge in [0.1, 0.15) is 5.82 Å². The molecule has 0 radical (unpaired) electrons. The number of aromatic nitrogens is 3. The van der Waals surface area contributed by atoms with Gasteiger partial charge >= 0.3 is 0 Å². The van der Waals surface area contributed by atoms with Gasteiger partial charge in [-0.25, -0.2) is 0 Å². The van der Waals surface area contributed by atoms with Gasteiger partial charge in [0.25, 0.3) is 0 Å². The number of carbonyl (C=O) groups is 1. The van der Waals surface area contributed by atoms with Gasteiger partial charge in [-0.1, -0.05) is 78.8 Å². The lowest BCUT2D eigenvalue weighted by Crippen LogP contribution is -2.15. The molecule has 3 aromatic carbocycles. The van der Waals surface area contributed by atoms with Gasteiger partial charge in [0.05, 0.1) is 5.75 Å². The molecule has 0 bridgehead atoms. The van der Waals surface area contributed by atoms with Crippen LogP contribution >= 0.6 is 23.4 Å². The molecule has 0 spiro atoms. The molecule has 1 aromatic heterocycles. The summed E-state index contributed by atoms with van der Waals surface area (Å²) in [5.41, 5.74) is 4.97. The fourth-order valence-corrected chi connectivity index (χ4v) is 4.43. The molecule has 0 aliphatic carbocycles. The predicted molar refractivity (Wildman–Crippen MR) is 136 cm³/mol. The Kier molecular flexibility index (Phi) is 7.47. The number of nitrogens with one attached hydrogen (secondary N) is 1. The Hall–Kier alpha value is -3.09. The van der Waals surface area contributed by atoms with Crippen molar-refractivity contribution in [1.29, 1.82) is 0 Å². The summed E-state index contributed by atoms with van der Waals surface area (Å²) < 4.78 is 2.04. The highest BCUT2D eigenvalue weighted by Gasteiger charge is 2.17. The maximum absolute atomic E-state index is 12.6. The first-order valence-electron chi connectivity index (χ1n) is 10.8. The predicted octanol–water partition coefficient (Wildman–Crippen LogP) is 6.11. The first kappa shape index (κ1) is 23.1. The average Bonchev–Trinajstić information content (AvgIpc) is 3.23. The van der Waals surface area contributed by atoms with Crippen molar-refractivity contribution in [2.24, 2.45) is 0 Å². The summed E-state index contributed by atoms with van der Waals surface area (Å²) in [6.07, 6.45) is 1.63. The molecular formula is C26H25ClN4OS. The van der Waals surface area contributed by atoms with Gasteiger partial charge in [-0.3, -0.25) is 9.36 Å². The molecule has 0 saturated heterocycles. The third-order valence-electron chi connectivity index (χ3n) is 5.38. The summed E-state index contributed by atoms with van der Waals surface area (Å²) in [4.78, 5) is 12.6. The van der Waals surface area contributed by atoms with Crippen LogP contribution in [0.15, 0.2) is 78.0 Å². The number of thioether (sulfide) groups is 1. The zero-order valence-corrected chi connectivity index (χ0v) is 20.2. The number of benzene rings is 3. The van der Waals surface area contributed by atoms with Crippen molar-refractivity contribution in [3.05, 3.63) is 100 Å². The Morgan fingerprint density at radius 2 is 1.73 bits per heavy atom. The van der Waals surface area contributed by atoms with E-state index in [0.717, 1.165) is 34.7 Å². The van der Waals surface area contributed by atoms with Crippen molar-refractivity contribution in [3.8, 4) is 5.69 Å². The normalized spacial score (nSPS) is 10.9. The maximum Gasteiger partial charge on any atom is 0.234 e. The number of amides is 1. The average molecular weight is 477 g/mol. The summed E-state index contributed by atoms with van der Waals surface area (Å²) >= 11 is 7.54. The van der Waals surface area contributed by atoms with Crippen molar-refractivity contribution < 1.29 is 4.79 Å². The Morgan fingerprint density at radius 1 is 0.970 bits per heavy atom. The largest absolute Gasteiger partial charge is 0.325 e. The fourth-order valence-electron chi connectivity index (χ4n) is 3.49. The van der Waals surface area contributed by atoms with E-state index in [2.05, 4.69) is 58.8 Å². The van der Waals surface area contributed by atoms with Gasteiger partial charge in [-0.05, 0) is 54.3 Å². The highest BCUT2D eigenvalue weighted by atomic mass is 35.5. The number of aryl methyl sites for hydroxylation is 1. The minimum Gasteiger partial charge on any atom is -0.325 e. The Morgan fingerprint density at radius 3 is 2.45 bits per heavy atom. The summed E-state index contributed by atoms with van der Waals surface area (Å²) in [6.45, 7) is 4.02. The van der Waals surface area contributed by atoms with Crippen LogP contribution in [-0.2, 0) is 17.6 Å². The highest BCUT2D eigenvalue weighted by molar-refractivity contribution is 7.99. The van der Waals surface area contributed by atoms with E-state index < -0.39 is 0 Å². The zero-order valence-electron chi connectivity index (χ0n) is 18.6. The molecule has 0 aliphatic rings. The smallest absolute Gasteiger partial charge is 0.234 e. The number of hydrogen-bond donors (Lipinski definition) is 1. The molecule has 5 nitrogen and oxygen atoms in total. The molecule has 168 valence electrons. The third kappa shape index (κ3) is 5.64. The number of hydrogen-bond acceptors (Lipinski definition) is 4. The molecule has 1 N–H and O–H groups in total. The minimum atomic E-state index is -0.120. The van der Waals surface area contributed by atoms with Crippen molar-refractivity contribution >= 4 is 35.0 Å². The number of anilines is 1. The van der Waals surface area contributed by atoms with Gasteiger partial charge < -0.3 is 5.32 Å². The van der Waals surface area contributed by atoms with Gasteiger partial charge in [-0.15, -0.1) is 10.2 Å². The van der Waals surface area contributed by atoms with Crippen LogP contribution in [0.3, 0.4) is 0 Å². The second-order valence-corrected chi connectivity index (χ2v) is 9.02. The van der Waals surface area contributed by atoms with E-state index in [1.807, 2.05) is 47.9 Å². The summed E-state index contributed by atoms with van der Waals surface area (Å²) in [5, 5.41) is 13.1. The van der Waals surface area contributed by atoms with E-state index in [4.69, 9.17) is 11.6 Å². The molecule has 1 heterocycles. The molecule has 0 fully saturated rings. The van der Waals surface area contributed by atoms with Gasteiger partial charge in [-0.2, -0.15) is 0 Å². The van der Waals surface area contributed by atoms with Crippen LogP contribution in [-0.4, -0.2) is 26.4 Å². The van der Waals surface area contributed by atoms with Crippen LogP contribution in [0, 0.1) is 6.92 Å². The van der Waals surface area contributed by atoms with E-state index in [9.17, 15) is 4.79 Å². The molecule has 0 unspecified atom stereocenters. The van der Waals surface area contributed by atoms with Crippen molar-refractivity contribution in [3.63, 3.8) is 0 Å². The minimum absolute atomic E-state index is 0.120. The quantitative estimate of drug-likeness (QED) is 0.311. The van der Waals surface area contributed by atoms with E-state index in [1.54, 1.807) is 0 Å². The summed E-state index contributed by atoms with van der Waals surface area (Å²) in [7, 11) is 0. The monoisotopic (exact) mass is 476 g/mol. The molecular weight excluding hydrogens is 452 g/mol. The fraction of sp³-hybridized carbons (Fsp3) is 0.192. The summed E-state index contributed by atoms with van der Waals surface area (Å²) in [6, 6.07) is 24.1. The first-order chi connectivity index (χ1) is 16.0. The van der Waals surface area contributed by atoms with E-state index in [1.165, 1.54) is 17.3 Å². The maximum atomic E-state index is 12.6. The lowest BCUT2D eigenvalue weighted by Gasteiger charge is -2.12. The number of carbonyl (C=O) groups excluding carboxylic acids is 1. The standard InChI is InChI=1S/C26H25ClN4OS/c1-3-19-12-14-21(15-13-19)31-24(16-20-8-5-4-6-9-20)29-30-26(31)33-17-25(32)28-23-11-7-10-22(27)18(23)2/h4-15H,3,16-17H2,1-2H3,(H,28,32). The van der Waals surface area contributed by atoms with Crippen molar-refractivity contribution in [2.45, 2.75) is 31.8 Å². The van der Waals surface area contributed by atoms with Gasteiger partial charge in [0, 0.05) is 22.8 Å². The second kappa shape index (κ2) is 10.7. The van der Waals surface area contributed by atoms with Crippen LogP contribution < -0.4 is 5.32 Å². The number of rotatable bonds is 8. The third-order valence-corrected chi connectivity index (χ3v) is 6.72. The first-order valence-corrected chi connectivity index (χ1v) is 12.2. The van der Waals surface area contributed by atoms with Crippen LogP contribution in [0.4, 0.5) is 5.69 Å². The molecule has 7 heteroatoms. The molecule has 4 aromatic rings. The number of halogens is 1. The number of nitrogens with zero attached hydrogens (tertiary/aromatic N) is 3. The van der Waals surface area contributed by atoms with Crippen LogP contribution in [0.2, 0.25) is 5.02 Å². The molecule has 4 rings (SSSR count). The second-order valence-electron chi connectivity index (χ2n) is 7.67. The molecule has 0 saturated carbocycles. The van der Waals surface area contributed by atoms with E-state index in [0.29, 0.717) is 16.6 Å². The SMILES string of the molecule is CCc1ccc(-n2c(Cc3ccccc3)nnc2SCC(=O)Nc2cccc(Cl)c2C)cc1. The molecule has 33 heavy (non-hydrogen) atoms. The van der Waals surface area contributed by atoms with Crippen LogP contribution in [0.25, 0.3) is 5.69 Å². The lowest BCUT2D eigenvalue weighted by molar-refractivity contribution is -0.113. The van der Waals surface area contributed by atoms with E-state index >= 15 is 0 Å². The van der Waals surface area contributed by atoms with Crippen LogP contribution in [0.1, 0.15) is 29.4 Å². The van der Waals surface area contributed by atoms with Gasteiger partial charge in [0.2, 0.25) is 5.91 Å². The molecule has 0 aliphatic heterocycles. The Bertz CT molecular complexity index is 1240. The lowest BCUT2D eigenvalue weighted by atomic mass is 10.1. The zero-order chi connectivity index (χ0) is 23.2. The molecule has 0 atom stereocenters. The van der Waals surface area contributed by atoms with Crippen molar-refractivity contribution in [2.75, 3.05) is 11.1 Å². The van der Waals surface area contributed by atoms with Gasteiger partial charge in [0.15, 0.2) is 5.16 Å². The Labute approximate surface area is 203 Å². The highest BCUT2D eigenvalue weighted by Crippen LogP contribution is 2.26. The topological polar surface area (TPSA) is 59.8 Å².